The number of aryl methyl sites for hydroxylation is 1. The number of carboxylic acid groups (broad SMARTS) is 1. The number of halogens is 1. The number of carboxylic acids is 1. The Hall–Kier alpha value is -2.37. The summed E-state index contributed by atoms with van der Waals surface area (Å²) < 4.78 is 15.2. The first-order chi connectivity index (χ1) is 8.99. The second-order valence-corrected chi connectivity index (χ2v) is 4.23. The number of nitrogens with one attached hydrogen (secondary N) is 1. The van der Waals surface area contributed by atoms with Gasteiger partial charge in [-0.2, -0.15) is 5.10 Å². The van der Waals surface area contributed by atoms with E-state index >= 15 is 0 Å². The molecule has 2 rings (SSSR count). The van der Waals surface area contributed by atoms with E-state index in [4.69, 9.17) is 5.11 Å². The Kier molecular flexibility index (Phi) is 3.50. The van der Waals surface area contributed by atoms with E-state index in [9.17, 15) is 9.18 Å². The number of hydrogen-bond acceptors (Lipinski definition) is 3. The molecule has 0 saturated carbocycles. The van der Waals surface area contributed by atoms with E-state index in [1.807, 2.05) is 14.0 Å². The van der Waals surface area contributed by atoms with Crippen molar-refractivity contribution < 1.29 is 14.3 Å². The van der Waals surface area contributed by atoms with Gasteiger partial charge < -0.3 is 10.4 Å². The molecule has 6 heteroatoms. The van der Waals surface area contributed by atoms with Gasteiger partial charge in [-0.1, -0.05) is 0 Å². The fourth-order valence-electron chi connectivity index (χ4n) is 1.71. The van der Waals surface area contributed by atoms with Gasteiger partial charge in [-0.3, -0.25) is 4.68 Å². The SMILES string of the molecule is Cc1c(CNc2ccc(C(=O)O)c(F)c2)cnn1C. The first-order valence-electron chi connectivity index (χ1n) is 5.73. The monoisotopic (exact) mass is 263 g/mol. The summed E-state index contributed by atoms with van der Waals surface area (Å²) in [7, 11) is 1.85. The van der Waals surface area contributed by atoms with Crippen molar-refractivity contribution in [2.75, 3.05) is 5.32 Å². The predicted octanol–water partition coefficient (Wildman–Crippen LogP) is 2.18. The molecule has 0 aliphatic rings. The van der Waals surface area contributed by atoms with E-state index in [1.165, 1.54) is 18.2 Å². The number of carbonyl (C=O) groups is 1. The first kappa shape index (κ1) is 13.1. The number of anilines is 1. The fourth-order valence-corrected chi connectivity index (χ4v) is 1.71. The minimum absolute atomic E-state index is 0.330. The molecule has 0 fully saturated rings. The van der Waals surface area contributed by atoms with Crippen molar-refractivity contribution in [3.05, 3.63) is 47.0 Å². The van der Waals surface area contributed by atoms with E-state index in [0.29, 0.717) is 12.2 Å². The van der Waals surface area contributed by atoms with E-state index < -0.39 is 11.8 Å². The summed E-state index contributed by atoms with van der Waals surface area (Å²) >= 11 is 0. The Balaban J connectivity index is 2.10. The third-order valence-corrected chi connectivity index (χ3v) is 3.02. The molecule has 1 aromatic carbocycles. The molecule has 0 radical (unpaired) electrons. The molecule has 1 heterocycles. The molecule has 2 aromatic rings. The number of benzene rings is 1. The number of aromatic carboxylic acids is 1. The van der Waals surface area contributed by atoms with Crippen LogP contribution in [0.3, 0.4) is 0 Å². The molecule has 19 heavy (non-hydrogen) atoms. The zero-order valence-electron chi connectivity index (χ0n) is 10.6. The van der Waals surface area contributed by atoms with Crippen LogP contribution in [-0.2, 0) is 13.6 Å². The summed E-state index contributed by atoms with van der Waals surface area (Å²) in [6.07, 6.45) is 1.74. The lowest BCUT2D eigenvalue weighted by atomic mass is 10.2. The van der Waals surface area contributed by atoms with Gasteiger partial charge >= 0.3 is 5.97 Å². The summed E-state index contributed by atoms with van der Waals surface area (Å²) in [6.45, 7) is 2.45. The highest BCUT2D eigenvalue weighted by atomic mass is 19.1. The van der Waals surface area contributed by atoms with Crippen LogP contribution in [0.2, 0.25) is 0 Å². The number of hydrogen-bond donors (Lipinski definition) is 2. The molecule has 0 amide bonds. The Labute approximate surface area is 109 Å². The van der Waals surface area contributed by atoms with Crippen molar-refractivity contribution >= 4 is 11.7 Å². The highest BCUT2D eigenvalue weighted by Crippen LogP contribution is 2.16. The lowest BCUT2D eigenvalue weighted by Gasteiger charge is -2.07. The van der Waals surface area contributed by atoms with Gasteiger partial charge in [-0.05, 0) is 25.1 Å². The highest BCUT2D eigenvalue weighted by molar-refractivity contribution is 5.88. The lowest BCUT2D eigenvalue weighted by molar-refractivity contribution is 0.0692. The molecule has 1 aromatic heterocycles. The van der Waals surface area contributed by atoms with Crippen molar-refractivity contribution in [2.24, 2.45) is 7.05 Å². The molecule has 2 N–H and O–H groups in total. The Bertz CT molecular complexity index is 622. The second-order valence-electron chi connectivity index (χ2n) is 4.23. The van der Waals surface area contributed by atoms with Crippen molar-refractivity contribution in [2.45, 2.75) is 13.5 Å². The van der Waals surface area contributed by atoms with Gasteiger partial charge in [0.2, 0.25) is 0 Å². The zero-order valence-corrected chi connectivity index (χ0v) is 10.6. The third-order valence-electron chi connectivity index (χ3n) is 3.02. The second kappa shape index (κ2) is 5.09. The molecule has 0 saturated heterocycles. The van der Waals surface area contributed by atoms with Gasteiger partial charge in [-0.15, -0.1) is 0 Å². The maximum Gasteiger partial charge on any atom is 0.338 e. The van der Waals surface area contributed by atoms with Gasteiger partial charge in [0, 0.05) is 30.5 Å². The molecule has 0 unspecified atom stereocenters. The topological polar surface area (TPSA) is 67.2 Å². The van der Waals surface area contributed by atoms with Crippen molar-refractivity contribution in [1.29, 1.82) is 0 Å². The van der Waals surface area contributed by atoms with Gasteiger partial charge in [0.1, 0.15) is 5.82 Å². The Morgan fingerprint density at radius 2 is 2.26 bits per heavy atom. The molecule has 0 atom stereocenters. The largest absolute Gasteiger partial charge is 0.478 e. The van der Waals surface area contributed by atoms with Crippen LogP contribution in [0.5, 0.6) is 0 Å². The van der Waals surface area contributed by atoms with Gasteiger partial charge in [0.05, 0.1) is 11.8 Å². The molecule has 0 bridgehead atoms. The van der Waals surface area contributed by atoms with Gasteiger partial charge in [-0.25, -0.2) is 9.18 Å². The predicted molar refractivity (Wildman–Crippen MR) is 68.6 cm³/mol. The Morgan fingerprint density at radius 3 is 2.79 bits per heavy atom. The molecular weight excluding hydrogens is 249 g/mol. The van der Waals surface area contributed by atoms with Crippen LogP contribution < -0.4 is 5.32 Å². The maximum atomic E-state index is 13.5. The first-order valence-corrected chi connectivity index (χ1v) is 5.73. The van der Waals surface area contributed by atoms with Gasteiger partial charge in [0.15, 0.2) is 0 Å². The smallest absolute Gasteiger partial charge is 0.338 e. The van der Waals surface area contributed by atoms with E-state index in [-0.39, 0.29) is 5.56 Å². The van der Waals surface area contributed by atoms with E-state index in [2.05, 4.69) is 10.4 Å². The molecular formula is C13H14FN3O2. The van der Waals surface area contributed by atoms with Crippen LogP contribution in [-0.4, -0.2) is 20.9 Å². The van der Waals surface area contributed by atoms with Crippen LogP contribution in [0.15, 0.2) is 24.4 Å². The van der Waals surface area contributed by atoms with Crippen LogP contribution in [0.25, 0.3) is 0 Å². The number of rotatable bonds is 4. The quantitative estimate of drug-likeness (QED) is 0.887. The summed E-state index contributed by atoms with van der Waals surface area (Å²) in [5, 5.41) is 15.9. The van der Waals surface area contributed by atoms with Crippen molar-refractivity contribution in [3.63, 3.8) is 0 Å². The average molecular weight is 263 g/mol. The summed E-state index contributed by atoms with van der Waals surface area (Å²) in [6, 6.07) is 3.96. The highest BCUT2D eigenvalue weighted by Gasteiger charge is 2.10. The summed E-state index contributed by atoms with van der Waals surface area (Å²) in [4.78, 5) is 10.7. The summed E-state index contributed by atoms with van der Waals surface area (Å²) in [5.74, 6) is -2.02. The normalized spacial score (nSPS) is 10.5. The summed E-state index contributed by atoms with van der Waals surface area (Å²) in [5.41, 5.74) is 2.23. The molecule has 0 spiro atoms. The van der Waals surface area contributed by atoms with Crippen LogP contribution in [0, 0.1) is 12.7 Å². The average Bonchev–Trinajstić information content (AvgIpc) is 2.67. The zero-order chi connectivity index (χ0) is 14.0. The van der Waals surface area contributed by atoms with E-state index in [0.717, 1.165) is 11.3 Å². The van der Waals surface area contributed by atoms with Crippen molar-refractivity contribution in [1.82, 2.24) is 9.78 Å². The Morgan fingerprint density at radius 1 is 1.53 bits per heavy atom. The molecule has 0 aliphatic heterocycles. The lowest BCUT2D eigenvalue weighted by Crippen LogP contribution is -2.04. The third kappa shape index (κ3) is 2.73. The minimum atomic E-state index is -1.27. The molecule has 100 valence electrons. The standard InChI is InChI=1S/C13H14FN3O2/c1-8-9(7-16-17(8)2)6-15-10-3-4-11(13(18)19)12(14)5-10/h3-5,7,15H,6H2,1-2H3,(H,18,19). The maximum absolute atomic E-state index is 13.5. The van der Waals surface area contributed by atoms with Crippen LogP contribution in [0.4, 0.5) is 10.1 Å². The van der Waals surface area contributed by atoms with Crippen molar-refractivity contribution in [3.8, 4) is 0 Å². The van der Waals surface area contributed by atoms with Crippen LogP contribution >= 0.6 is 0 Å². The fraction of sp³-hybridized carbons (Fsp3) is 0.231. The van der Waals surface area contributed by atoms with E-state index in [1.54, 1.807) is 10.9 Å². The molecule has 0 aliphatic carbocycles. The minimum Gasteiger partial charge on any atom is -0.478 e. The van der Waals surface area contributed by atoms with Gasteiger partial charge in [0.25, 0.3) is 0 Å². The van der Waals surface area contributed by atoms with Crippen LogP contribution in [0.1, 0.15) is 21.6 Å². The number of nitrogens with zero attached hydrogens (tertiary/aromatic N) is 2. The molecule has 5 nitrogen and oxygen atoms in total. The number of aromatic nitrogens is 2.